The Morgan fingerprint density at radius 1 is 0.933 bits per heavy atom. The number of sulfonamides is 1. The number of amides is 2. The van der Waals surface area contributed by atoms with Crippen LogP contribution in [-0.2, 0) is 21.9 Å². The quantitative estimate of drug-likeness (QED) is 0.222. The number of nitrogens with one attached hydrogen (secondary N) is 2. The highest BCUT2D eigenvalue weighted by Crippen LogP contribution is 2.43. The number of carbonyl (C=O) groups excluding carboxylic acids is 1. The topological polar surface area (TPSA) is 96.3 Å². The maximum Gasteiger partial charge on any atom is 0.324 e. The average Bonchev–Trinajstić information content (AvgIpc) is 3.53. The number of halogens is 1. The van der Waals surface area contributed by atoms with Crippen LogP contribution in [-0.4, -0.2) is 40.6 Å². The Kier molecular flexibility index (Phi) is 8.30. The van der Waals surface area contributed by atoms with E-state index < -0.39 is 15.8 Å². The Labute approximate surface area is 264 Å². The number of urea groups is 1. The number of anilines is 2. The van der Waals surface area contributed by atoms with Gasteiger partial charge in [0.15, 0.2) is 0 Å². The van der Waals surface area contributed by atoms with Crippen LogP contribution < -0.4 is 10.6 Å². The van der Waals surface area contributed by atoms with Gasteiger partial charge in [-0.2, -0.15) is 9.40 Å². The number of hydrogen-bond donors (Lipinski definition) is 2. The van der Waals surface area contributed by atoms with Crippen LogP contribution in [0.5, 0.6) is 0 Å². The number of aryl methyl sites for hydroxylation is 1. The molecule has 3 aromatic carbocycles. The Bertz CT molecular complexity index is 1780. The summed E-state index contributed by atoms with van der Waals surface area (Å²) < 4.78 is 43.7. The summed E-state index contributed by atoms with van der Waals surface area (Å²) in [6.45, 7) is 8.29. The monoisotopic (exact) mass is 629 g/mol. The largest absolute Gasteiger partial charge is 0.324 e. The standard InChI is InChI=1S/C35H40FN5O3S/c1-23-8-12-28(13-9-23)40-33(22-32(39-40)35(2,3)4)38-34(42)37-27-7-5-6-24(19-27)18-25-20-29-14-15-30(21-25)41(29)45(43,44)31-16-10-26(36)11-17-31/h5-13,16-17,19,22,25,29-30H,14-15,18,20-21H2,1-4H3,(H2,37,38,42). The zero-order chi connectivity index (χ0) is 31.9. The van der Waals surface area contributed by atoms with Crippen LogP contribution in [0.4, 0.5) is 20.7 Å². The Balaban J connectivity index is 1.12. The first-order valence-corrected chi connectivity index (χ1v) is 16.9. The first-order valence-electron chi connectivity index (χ1n) is 15.5. The molecule has 2 aliphatic heterocycles. The Hall–Kier alpha value is -4.02. The van der Waals surface area contributed by atoms with Gasteiger partial charge in [-0.25, -0.2) is 22.3 Å². The number of rotatable bonds is 7. The fraction of sp³-hybridized carbons (Fsp3) is 0.371. The molecule has 2 saturated heterocycles. The van der Waals surface area contributed by atoms with E-state index in [0.29, 0.717) is 17.4 Å². The lowest BCUT2D eigenvalue weighted by Crippen LogP contribution is -2.46. The minimum absolute atomic E-state index is 0.0627. The molecule has 2 aliphatic rings. The summed E-state index contributed by atoms with van der Waals surface area (Å²) in [5.74, 6) is 0.453. The molecule has 4 aromatic rings. The molecule has 1 aromatic heterocycles. The van der Waals surface area contributed by atoms with Crippen molar-refractivity contribution in [1.29, 1.82) is 0 Å². The van der Waals surface area contributed by atoms with E-state index in [9.17, 15) is 17.6 Å². The van der Waals surface area contributed by atoms with Gasteiger partial charge in [0.2, 0.25) is 10.0 Å². The number of benzene rings is 3. The molecule has 8 nitrogen and oxygen atoms in total. The van der Waals surface area contributed by atoms with Crippen molar-refractivity contribution in [3.63, 3.8) is 0 Å². The van der Waals surface area contributed by atoms with Crippen LogP contribution in [0, 0.1) is 18.7 Å². The summed E-state index contributed by atoms with van der Waals surface area (Å²) in [4.78, 5) is 13.3. The van der Waals surface area contributed by atoms with Crippen molar-refractivity contribution < 1.29 is 17.6 Å². The van der Waals surface area contributed by atoms with Crippen LogP contribution in [0.3, 0.4) is 0 Å². The fourth-order valence-electron chi connectivity index (χ4n) is 6.64. The minimum Gasteiger partial charge on any atom is -0.308 e. The van der Waals surface area contributed by atoms with E-state index >= 15 is 0 Å². The lowest BCUT2D eigenvalue weighted by atomic mass is 9.87. The molecule has 2 unspecified atom stereocenters. The number of carbonyl (C=O) groups is 1. The van der Waals surface area contributed by atoms with E-state index in [4.69, 9.17) is 5.10 Å². The molecule has 2 atom stereocenters. The molecule has 0 saturated carbocycles. The second-order valence-electron chi connectivity index (χ2n) is 13.4. The van der Waals surface area contributed by atoms with Crippen molar-refractivity contribution in [2.24, 2.45) is 5.92 Å². The molecule has 0 aliphatic carbocycles. The van der Waals surface area contributed by atoms with Gasteiger partial charge in [0.25, 0.3) is 0 Å². The molecule has 0 radical (unpaired) electrons. The van der Waals surface area contributed by atoms with Crippen molar-refractivity contribution in [2.75, 3.05) is 10.6 Å². The number of aromatic nitrogens is 2. The normalized spacial score (nSPS) is 20.2. The van der Waals surface area contributed by atoms with Gasteiger partial charge in [-0.3, -0.25) is 5.32 Å². The van der Waals surface area contributed by atoms with Gasteiger partial charge in [-0.1, -0.05) is 50.6 Å². The van der Waals surface area contributed by atoms with E-state index in [1.165, 1.54) is 24.3 Å². The van der Waals surface area contributed by atoms with Crippen LogP contribution in [0.25, 0.3) is 5.69 Å². The maximum absolute atomic E-state index is 13.4. The molecule has 6 rings (SSSR count). The van der Waals surface area contributed by atoms with Crippen molar-refractivity contribution in [1.82, 2.24) is 14.1 Å². The van der Waals surface area contributed by atoms with Gasteiger partial charge >= 0.3 is 6.03 Å². The van der Waals surface area contributed by atoms with Crippen molar-refractivity contribution in [3.8, 4) is 5.69 Å². The Morgan fingerprint density at radius 2 is 1.60 bits per heavy atom. The van der Waals surface area contributed by atoms with Gasteiger partial charge in [0.05, 0.1) is 16.3 Å². The molecule has 2 fully saturated rings. The lowest BCUT2D eigenvalue weighted by Gasteiger charge is -2.38. The summed E-state index contributed by atoms with van der Waals surface area (Å²) in [7, 11) is -3.68. The van der Waals surface area contributed by atoms with Gasteiger partial charge < -0.3 is 5.32 Å². The van der Waals surface area contributed by atoms with Crippen LogP contribution in [0.2, 0.25) is 0 Å². The molecule has 0 spiro atoms. The SMILES string of the molecule is Cc1ccc(-n2nc(C(C)(C)C)cc2NC(=O)Nc2cccc(CC3CC4CCC(C3)N4S(=O)(=O)c3ccc(F)cc3)c2)cc1. The molecular weight excluding hydrogens is 589 g/mol. The number of fused-ring (bicyclic) bond motifs is 2. The molecule has 45 heavy (non-hydrogen) atoms. The zero-order valence-corrected chi connectivity index (χ0v) is 26.9. The summed E-state index contributed by atoms with van der Waals surface area (Å²) in [5.41, 5.74) is 4.44. The fourth-order valence-corrected chi connectivity index (χ4v) is 8.53. The zero-order valence-electron chi connectivity index (χ0n) is 26.1. The lowest BCUT2D eigenvalue weighted by molar-refractivity contribution is 0.190. The van der Waals surface area contributed by atoms with Gasteiger partial charge in [0, 0.05) is 29.3 Å². The first-order chi connectivity index (χ1) is 21.4. The van der Waals surface area contributed by atoms with E-state index in [1.54, 1.807) is 8.99 Å². The third-order valence-electron chi connectivity index (χ3n) is 8.86. The predicted molar refractivity (Wildman–Crippen MR) is 175 cm³/mol. The average molecular weight is 630 g/mol. The predicted octanol–water partition coefficient (Wildman–Crippen LogP) is 7.44. The van der Waals surface area contributed by atoms with Crippen molar-refractivity contribution >= 4 is 27.6 Å². The summed E-state index contributed by atoms with van der Waals surface area (Å²) in [6, 6.07) is 22.4. The minimum atomic E-state index is -3.68. The molecule has 3 heterocycles. The van der Waals surface area contributed by atoms with E-state index in [-0.39, 0.29) is 28.4 Å². The number of piperidine rings is 1. The summed E-state index contributed by atoms with van der Waals surface area (Å²) in [6.07, 6.45) is 4.00. The van der Waals surface area contributed by atoms with Crippen molar-refractivity contribution in [2.45, 2.75) is 82.2 Å². The van der Waals surface area contributed by atoms with Gasteiger partial charge in [0.1, 0.15) is 11.6 Å². The highest BCUT2D eigenvalue weighted by atomic mass is 32.2. The Morgan fingerprint density at radius 3 is 2.24 bits per heavy atom. The summed E-state index contributed by atoms with van der Waals surface area (Å²) >= 11 is 0. The molecular formula is C35H40FN5O3S. The number of nitrogens with zero attached hydrogens (tertiary/aromatic N) is 3. The van der Waals surface area contributed by atoms with Gasteiger partial charge in [-0.15, -0.1) is 0 Å². The van der Waals surface area contributed by atoms with E-state index in [1.807, 2.05) is 55.5 Å². The second kappa shape index (κ2) is 12.1. The van der Waals surface area contributed by atoms with Crippen LogP contribution in [0.15, 0.2) is 83.8 Å². The second-order valence-corrected chi connectivity index (χ2v) is 15.3. The third kappa shape index (κ3) is 6.67. The van der Waals surface area contributed by atoms with E-state index in [2.05, 4.69) is 37.5 Å². The molecule has 2 N–H and O–H groups in total. The molecule has 2 amide bonds. The third-order valence-corrected chi connectivity index (χ3v) is 10.9. The molecule has 10 heteroatoms. The van der Waals surface area contributed by atoms with Gasteiger partial charge in [-0.05, 0) is 99.0 Å². The van der Waals surface area contributed by atoms with Crippen molar-refractivity contribution in [3.05, 3.63) is 102 Å². The van der Waals surface area contributed by atoms with E-state index in [0.717, 1.165) is 54.6 Å². The highest BCUT2D eigenvalue weighted by molar-refractivity contribution is 7.89. The number of hydrogen-bond acceptors (Lipinski definition) is 4. The maximum atomic E-state index is 13.4. The molecule has 2 bridgehead atoms. The first kappa shape index (κ1) is 31.0. The van der Waals surface area contributed by atoms with Crippen LogP contribution >= 0.6 is 0 Å². The highest BCUT2D eigenvalue weighted by Gasteiger charge is 2.47. The van der Waals surface area contributed by atoms with Crippen LogP contribution in [0.1, 0.15) is 63.3 Å². The summed E-state index contributed by atoms with van der Waals surface area (Å²) in [5, 5.41) is 10.8. The molecule has 236 valence electrons. The smallest absolute Gasteiger partial charge is 0.308 e.